The van der Waals surface area contributed by atoms with Gasteiger partial charge < -0.3 is 0 Å². The molecule has 8 saturated carbocycles. The predicted molar refractivity (Wildman–Crippen MR) is 196 cm³/mol. The number of pyridine rings is 2. The molecule has 2 heterocycles. The van der Waals surface area contributed by atoms with Crippen LogP contribution in [0.2, 0.25) is 0 Å². The molecule has 0 N–H and O–H groups in total. The highest BCUT2D eigenvalue weighted by atomic mass is 31.1. The molecule has 8 aliphatic carbocycles. The van der Waals surface area contributed by atoms with E-state index < -0.39 is 5.16 Å². The molecule has 3 aromatic rings. The summed E-state index contributed by atoms with van der Waals surface area (Å²) in [7, 11) is 3.21. The van der Waals surface area contributed by atoms with Gasteiger partial charge in [-0.25, -0.2) is 0 Å². The summed E-state index contributed by atoms with van der Waals surface area (Å²) in [5.41, 5.74) is 7.09. The van der Waals surface area contributed by atoms with Crippen LogP contribution < -0.4 is 0 Å². The molecule has 4 heteroatoms. The van der Waals surface area contributed by atoms with Crippen LogP contribution >= 0.6 is 17.2 Å². The number of hydrogen-bond donors (Lipinski definition) is 0. The van der Waals surface area contributed by atoms with Gasteiger partial charge in [0.15, 0.2) is 0 Å². The second-order valence-corrected chi connectivity index (χ2v) is 22.2. The first kappa shape index (κ1) is 30.4. The van der Waals surface area contributed by atoms with Crippen molar-refractivity contribution >= 4 is 17.2 Å². The average molecular weight is 649 g/mol. The molecule has 8 aliphatic rings. The van der Waals surface area contributed by atoms with Crippen molar-refractivity contribution in [3.63, 3.8) is 0 Å². The zero-order valence-electron chi connectivity index (χ0n) is 28.4. The smallest absolute Gasteiger partial charge is 0.0624 e. The second-order valence-electron chi connectivity index (χ2n) is 18.3. The first-order valence-electron chi connectivity index (χ1n) is 18.6. The van der Waals surface area contributed by atoms with Crippen molar-refractivity contribution in [1.82, 2.24) is 9.97 Å². The van der Waals surface area contributed by atoms with Gasteiger partial charge in [0.05, 0.1) is 5.16 Å². The summed E-state index contributed by atoms with van der Waals surface area (Å²) in [6, 6.07) is 16.5. The van der Waals surface area contributed by atoms with Crippen LogP contribution in [0.15, 0.2) is 67.3 Å². The molecule has 1 unspecified atom stereocenters. The van der Waals surface area contributed by atoms with E-state index in [0.29, 0.717) is 10.3 Å². The summed E-state index contributed by atoms with van der Waals surface area (Å²) < 4.78 is 0. The normalized spacial score (nSPS) is 36.7. The van der Waals surface area contributed by atoms with E-state index in [4.69, 9.17) is 0 Å². The quantitative estimate of drug-likeness (QED) is 0.238. The summed E-state index contributed by atoms with van der Waals surface area (Å²) >= 11 is 0. The fourth-order valence-electron chi connectivity index (χ4n) is 13.0. The zero-order valence-corrected chi connectivity index (χ0v) is 30.5. The van der Waals surface area contributed by atoms with E-state index in [1.54, 1.807) is 82.6 Å². The van der Waals surface area contributed by atoms with Gasteiger partial charge in [-0.1, -0.05) is 59.0 Å². The molecule has 0 amide bonds. The third-order valence-corrected chi connectivity index (χ3v) is 19.1. The Morgan fingerprint density at radius 2 is 1.09 bits per heavy atom. The molecule has 1 aromatic carbocycles. The van der Waals surface area contributed by atoms with Crippen molar-refractivity contribution in [1.29, 1.82) is 0 Å². The van der Waals surface area contributed by atoms with Crippen molar-refractivity contribution in [2.75, 3.05) is 0 Å². The van der Waals surface area contributed by atoms with Gasteiger partial charge in [-0.05, 0) is 174 Å². The molecule has 2 aromatic heterocycles. The maximum absolute atomic E-state index is 4.69. The zero-order chi connectivity index (χ0) is 31.3. The fraction of sp³-hybridized carbons (Fsp3) is 0.619. The molecule has 8 bridgehead atoms. The first-order valence-corrected chi connectivity index (χ1v) is 20.7. The molecular formula is C42H54N2P2. The monoisotopic (exact) mass is 648 g/mol. The number of benzene rings is 1. The SMILES string of the molecule is CC(C)(C)c1ccc(CP(C23CC4CC(CC(C4)C2)C3)C23CC4CC(CC(C4)C2)C3)c(C(P)(c2cccnc2)c2cccnc2)c1. The molecule has 1 atom stereocenters. The minimum Gasteiger partial charge on any atom is -0.264 e. The van der Waals surface area contributed by atoms with E-state index in [2.05, 4.69) is 94.8 Å². The molecule has 8 fully saturated rings. The maximum Gasteiger partial charge on any atom is 0.0624 e. The van der Waals surface area contributed by atoms with Crippen molar-refractivity contribution in [2.45, 2.75) is 125 Å². The van der Waals surface area contributed by atoms with Crippen LogP contribution in [-0.2, 0) is 16.7 Å². The summed E-state index contributed by atoms with van der Waals surface area (Å²) in [5, 5.41) is 0.826. The summed E-state index contributed by atoms with van der Waals surface area (Å²) in [5.74, 6) is 6.08. The van der Waals surface area contributed by atoms with E-state index >= 15 is 0 Å². The fourth-order valence-corrected chi connectivity index (χ4v) is 18.8. The molecule has 46 heavy (non-hydrogen) atoms. The number of nitrogens with zero attached hydrogens (tertiary/aromatic N) is 2. The lowest BCUT2D eigenvalue weighted by Gasteiger charge is -2.67. The van der Waals surface area contributed by atoms with Crippen LogP contribution in [0, 0.1) is 35.5 Å². The predicted octanol–water partition coefficient (Wildman–Crippen LogP) is 10.9. The Hall–Kier alpha value is -1.62. The van der Waals surface area contributed by atoms with Gasteiger partial charge >= 0.3 is 0 Å². The largest absolute Gasteiger partial charge is 0.264 e. The highest BCUT2D eigenvalue weighted by molar-refractivity contribution is 7.60. The summed E-state index contributed by atoms with van der Waals surface area (Å²) in [4.78, 5) is 9.38. The molecular weight excluding hydrogens is 594 g/mol. The van der Waals surface area contributed by atoms with Crippen LogP contribution in [0.1, 0.15) is 126 Å². The Labute approximate surface area is 281 Å². The third kappa shape index (κ3) is 4.93. The van der Waals surface area contributed by atoms with Crippen LogP contribution in [0.25, 0.3) is 0 Å². The molecule has 0 spiro atoms. The van der Waals surface area contributed by atoms with Gasteiger partial charge in [0.25, 0.3) is 0 Å². The standard InChI is InChI=1S/C42H54N2P2/c1-39(2,3)35-9-8-34(38(18-35)42(45,36-6-4-10-43-25-36)37-7-5-11-44-26-37)27-46(40-19-28-12-29(20-40)14-30(13-28)21-40)41-22-31-15-32(23-41)17-33(16-31)24-41/h4-11,18,25-26,28-33H,12-17,19-24,27,45H2,1-3H3. The molecule has 0 radical (unpaired) electrons. The first-order chi connectivity index (χ1) is 22.1. The highest BCUT2D eigenvalue weighted by Crippen LogP contribution is 2.80. The molecule has 0 aliphatic heterocycles. The molecule has 2 nitrogen and oxygen atoms in total. The van der Waals surface area contributed by atoms with E-state index in [1.807, 2.05) is 12.4 Å². The van der Waals surface area contributed by atoms with Gasteiger partial charge in [-0.3, -0.25) is 9.97 Å². The van der Waals surface area contributed by atoms with Crippen molar-refractivity contribution < 1.29 is 0 Å². The lowest BCUT2D eigenvalue weighted by atomic mass is 9.55. The lowest BCUT2D eigenvalue weighted by Crippen LogP contribution is -2.56. The highest BCUT2D eigenvalue weighted by Gasteiger charge is 2.62. The van der Waals surface area contributed by atoms with Crippen LogP contribution in [0.3, 0.4) is 0 Å². The molecule has 0 saturated heterocycles. The summed E-state index contributed by atoms with van der Waals surface area (Å²) in [6.07, 6.45) is 28.0. The molecule has 242 valence electrons. The topological polar surface area (TPSA) is 25.8 Å². The minimum atomic E-state index is -0.400. The van der Waals surface area contributed by atoms with Crippen LogP contribution in [0.5, 0.6) is 0 Å². The Kier molecular flexibility index (Phi) is 7.24. The second kappa shape index (κ2) is 10.9. The Morgan fingerprint density at radius 3 is 1.46 bits per heavy atom. The van der Waals surface area contributed by atoms with E-state index in [1.165, 1.54) is 28.4 Å². The van der Waals surface area contributed by atoms with Gasteiger partial charge in [-0.15, -0.1) is 9.24 Å². The van der Waals surface area contributed by atoms with E-state index in [-0.39, 0.29) is 13.3 Å². The van der Waals surface area contributed by atoms with Crippen molar-refractivity contribution in [3.8, 4) is 0 Å². The number of hydrogen-bond acceptors (Lipinski definition) is 2. The Bertz CT molecular complexity index is 1440. The Balaban J connectivity index is 1.23. The van der Waals surface area contributed by atoms with E-state index in [9.17, 15) is 0 Å². The van der Waals surface area contributed by atoms with Crippen molar-refractivity contribution in [2.24, 2.45) is 35.5 Å². The maximum atomic E-state index is 4.69. The lowest BCUT2D eigenvalue weighted by molar-refractivity contribution is 0.0184. The summed E-state index contributed by atoms with van der Waals surface area (Å²) in [6.45, 7) is 7.13. The molecule has 11 rings (SSSR count). The third-order valence-electron chi connectivity index (χ3n) is 14.1. The minimum absolute atomic E-state index is 0.0767. The van der Waals surface area contributed by atoms with Crippen LogP contribution in [-0.4, -0.2) is 20.3 Å². The Morgan fingerprint density at radius 1 is 0.652 bits per heavy atom. The van der Waals surface area contributed by atoms with Gasteiger partial charge in [0.2, 0.25) is 0 Å². The van der Waals surface area contributed by atoms with E-state index in [0.717, 1.165) is 35.5 Å². The van der Waals surface area contributed by atoms with Crippen LogP contribution in [0.4, 0.5) is 0 Å². The van der Waals surface area contributed by atoms with Gasteiger partial charge in [0.1, 0.15) is 0 Å². The van der Waals surface area contributed by atoms with Gasteiger partial charge in [0, 0.05) is 24.8 Å². The van der Waals surface area contributed by atoms with Crippen molar-refractivity contribution in [3.05, 3.63) is 95.1 Å². The number of rotatable bonds is 7. The number of aromatic nitrogens is 2. The average Bonchev–Trinajstić information content (AvgIpc) is 3.02. The van der Waals surface area contributed by atoms with Gasteiger partial charge in [-0.2, -0.15) is 0 Å².